The van der Waals surface area contributed by atoms with Gasteiger partial charge in [-0.15, -0.1) is 0 Å². The number of rotatable bonds is 3. The predicted molar refractivity (Wildman–Crippen MR) is 78.4 cm³/mol. The standard InChI is InChI=1S/C15H20N2O3/c1-9(2)10-5-6-11-12(7-10)17(4)15(20)13(16(11)3)8-14(18)19/h5-7,9,13H,8H2,1-4H3,(H,18,19). The molecule has 1 atom stereocenters. The van der Waals surface area contributed by atoms with Gasteiger partial charge in [0.1, 0.15) is 6.04 Å². The van der Waals surface area contributed by atoms with Gasteiger partial charge < -0.3 is 14.9 Å². The number of nitrogens with zero attached hydrogens (tertiary/aromatic N) is 2. The highest BCUT2D eigenvalue weighted by Crippen LogP contribution is 2.37. The van der Waals surface area contributed by atoms with Gasteiger partial charge in [0.15, 0.2) is 0 Å². The number of carboxylic acids is 1. The Labute approximate surface area is 118 Å². The number of carboxylic acid groups (broad SMARTS) is 1. The average molecular weight is 276 g/mol. The van der Waals surface area contributed by atoms with E-state index in [0.29, 0.717) is 5.92 Å². The lowest BCUT2D eigenvalue weighted by molar-refractivity contribution is -0.139. The lowest BCUT2D eigenvalue weighted by Gasteiger charge is -2.39. The SMILES string of the molecule is CC(C)c1ccc2c(c1)N(C)C(=O)C(CC(=O)O)N2C. The van der Waals surface area contributed by atoms with Crippen molar-refractivity contribution in [2.45, 2.75) is 32.2 Å². The zero-order valence-electron chi connectivity index (χ0n) is 12.3. The molecule has 0 spiro atoms. The maximum Gasteiger partial charge on any atom is 0.305 e. The molecule has 0 aromatic heterocycles. The van der Waals surface area contributed by atoms with Crippen LogP contribution in [0.3, 0.4) is 0 Å². The lowest BCUT2D eigenvalue weighted by Crippen LogP contribution is -2.51. The Hall–Kier alpha value is -2.04. The van der Waals surface area contributed by atoms with E-state index in [1.807, 2.05) is 18.2 Å². The Kier molecular flexibility index (Phi) is 3.70. The van der Waals surface area contributed by atoms with Crippen molar-refractivity contribution in [3.63, 3.8) is 0 Å². The van der Waals surface area contributed by atoms with Crippen LogP contribution in [0.25, 0.3) is 0 Å². The first-order valence-corrected chi connectivity index (χ1v) is 6.69. The molecule has 1 unspecified atom stereocenters. The van der Waals surface area contributed by atoms with Crippen LogP contribution < -0.4 is 9.80 Å². The molecule has 1 N–H and O–H groups in total. The molecular weight excluding hydrogens is 256 g/mol. The summed E-state index contributed by atoms with van der Waals surface area (Å²) >= 11 is 0. The highest BCUT2D eigenvalue weighted by atomic mass is 16.4. The van der Waals surface area contributed by atoms with E-state index >= 15 is 0 Å². The molecule has 1 heterocycles. The first-order valence-electron chi connectivity index (χ1n) is 6.69. The van der Waals surface area contributed by atoms with Gasteiger partial charge in [-0.05, 0) is 23.6 Å². The zero-order valence-corrected chi connectivity index (χ0v) is 12.3. The van der Waals surface area contributed by atoms with E-state index in [4.69, 9.17) is 5.11 Å². The molecule has 0 fully saturated rings. The average Bonchev–Trinajstić information content (AvgIpc) is 2.40. The molecule has 0 aliphatic carbocycles. The van der Waals surface area contributed by atoms with E-state index in [0.717, 1.165) is 16.9 Å². The van der Waals surface area contributed by atoms with Gasteiger partial charge in [0, 0.05) is 14.1 Å². The third kappa shape index (κ3) is 2.35. The Morgan fingerprint density at radius 2 is 1.95 bits per heavy atom. The molecule has 2 rings (SSSR count). The Morgan fingerprint density at radius 3 is 2.50 bits per heavy atom. The van der Waals surface area contributed by atoms with Crippen LogP contribution in [0.2, 0.25) is 0 Å². The summed E-state index contributed by atoms with van der Waals surface area (Å²) in [5.74, 6) is -0.764. The molecule has 1 aliphatic heterocycles. The van der Waals surface area contributed by atoms with Crippen LogP contribution in [-0.2, 0) is 9.59 Å². The van der Waals surface area contributed by atoms with Crippen molar-refractivity contribution in [3.8, 4) is 0 Å². The molecule has 0 saturated heterocycles. The maximum absolute atomic E-state index is 12.3. The van der Waals surface area contributed by atoms with Crippen molar-refractivity contribution in [1.29, 1.82) is 0 Å². The molecule has 108 valence electrons. The van der Waals surface area contributed by atoms with Gasteiger partial charge in [-0.2, -0.15) is 0 Å². The second-order valence-electron chi connectivity index (χ2n) is 5.52. The summed E-state index contributed by atoms with van der Waals surface area (Å²) in [4.78, 5) is 26.6. The van der Waals surface area contributed by atoms with E-state index in [2.05, 4.69) is 13.8 Å². The largest absolute Gasteiger partial charge is 0.481 e. The highest BCUT2D eigenvalue weighted by Gasteiger charge is 2.36. The Morgan fingerprint density at radius 1 is 1.30 bits per heavy atom. The van der Waals surface area contributed by atoms with Crippen molar-refractivity contribution in [2.75, 3.05) is 23.9 Å². The first-order chi connectivity index (χ1) is 9.32. The summed E-state index contributed by atoms with van der Waals surface area (Å²) in [6, 6.07) is 5.35. The summed E-state index contributed by atoms with van der Waals surface area (Å²) in [6.07, 6.45) is -0.189. The van der Waals surface area contributed by atoms with E-state index in [1.165, 1.54) is 0 Å². The molecule has 0 bridgehead atoms. The van der Waals surface area contributed by atoms with E-state index in [1.54, 1.807) is 23.9 Å². The van der Waals surface area contributed by atoms with Crippen molar-refractivity contribution in [1.82, 2.24) is 0 Å². The number of fused-ring (bicyclic) bond motifs is 1. The maximum atomic E-state index is 12.3. The van der Waals surface area contributed by atoms with Crippen LogP contribution in [0, 0.1) is 0 Å². The molecular formula is C15H20N2O3. The van der Waals surface area contributed by atoms with E-state index in [-0.39, 0.29) is 12.3 Å². The van der Waals surface area contributed by atoms with Gasteiger partial charge in [0.25, 0.3) is 0 Å². The van der Waals surface area contributed by atoms with Crippen LogP contribution in [0.5, 0.6) is 0 Å². The minimum absolute atomic E-state index is 0.177. The fourth-order valence-corrected chi connectivity index (χ4v) is 2.53. The van der Waals surface area contributed by atoms with Crippen LogP contribution in [0.1, 0.15) is 31.7 Å². The predicted octanol–water partition coefficient (Wildman–Crippen LogP) is 2.07. The summed E-state index contributed by atoms with van der Waals surface area (Å²) in [5, 5.41) is 8.96. The number of likely N-dealkylation sites (N-methyl/N-ethyl adjacent to an activating group) is 2. The molecule has 1 amide bonds. The molecule has 1 aliphatic rings. The topological polar surface area (TPSA) is 60.9 Å². The van der Waals surface area contributed by atoms with E-state index < -0.39 is 12.0 Å². The number of carbonyl (C=O) groups excluding carboxylic acids is 1. The van der Waals surface area contributed by atoms with Crippen LogP contribution in [0.4, 0.5) is 11.4 Å². The van der Waals surface area contributed by atoms with Gasteiger partial charge >= 0.3 is 5.97 Å². The first kappa shape index (κ1) is 14.4. The molecule has 1 aromatic carbocycles. The lowest BCUT2D eigenvalue weighted by atomic mass is 9.98. The normalized spacial score (nSPS) is 18.4. The monoisotopic (exact) mass is 276 g/mol. The zero-order chi connectivity index (χ0) is 15.0. The van der Waals surface area contributed by atoms with Crippen molar-refractivity contribution in [2.24, 2.45) is 0 Å². The number of hydrogen-bond donors (Lipinski definition) is 1. The summed E-state index contributed by atoms with van der Waals surface area (Å²) in [5.41, 5.74) is 2.89. The van der Waals surface area contributed by atoms with Crippen LogP contribution in [0.15, 0.2) is 18.2 Å². The highest BCUT2D eigenvalue weighted by molar-refractivity contribution is 6.06. The third-order valence-electron chi connectivity index (χ3n) is 3.86. The number of benzene rings is 1. The molecule has 0 radical (unpaired) electrons. The minimum atomic E-state index is -0.967. The number of aliphatic carboxylic acids is 1. The van der Waals surface area contributed by atoms with Gasteiger partial charge in [0.05, 0.1) is 17.8 Å². The fourth-order valence-electron chi connectivity index (χ4n) is 2.53. The molecule has 0 saturated carbocycles. The summed E-state index contributed by atoms with van der Waals surface area (Å²) < 4.78 is 0. The quantitative estimate of drug-likeness (QED) is 0.918. The minimum Gasteiger partial charge on any atom is -0.481 e. The molecule has 5 nitrogen and oxygen atoms in total. The van der Waals surface area contributed by atoms with Crippen molar-refractivity contribution < 1.29 is 14.7 Å². The fraction of sp³-hybridized carbons (Fsp3) is 0.467. The Balaban J connectivity index is 2.46. The molecule has 1 aromatic rings. The third-order valence-corrected chi connectivity index (χ3v) is 3.86. The number of hydrogen-bond acceptors (Lipinski definition) is 3. The van der Waals surface area contributed by atoms with Gasteiger partial charge in [-0.1, -0.05) is 19.9 Å². The van der Waals surface area contributed by atoms with Gasteiger partial charge in [0.2, 0.25) is 5.91 Å². The number of amides is 1. The summed E-state index contributed by atoms with van der Waals surface area (Å²) in [6.45, 7) is 4.20. The molecule has 5 heteroatoms. The second kappa shape index (κ2) is 5.15. The number of anilines is 2. The molecule has 20 heavy (non-hydrogen) atoms. The van der Waals surface area contributed by atoms with Crippen LogP contribution in [-0.4, -0.2) is 37.1 Å². The second-order valence-corrected chi connectivity index (χ2v) is 5.52. The van der Waals surface area contributed by atoms with Gasteiger partial charge in [-0.3, -0.25) is 9.59 Å². The van der Waals surface area contributed by atoms with Crippen molar-refractivity contribution >= 4 is 23.3 Å². The van der Waals surface area contributed by atoms with Gasteiger partial charge in [-0.25, -0.2) is 0 Å². The van der Waals surface area contributed by atoms with E-state index in [9.17, 15) is 9.59 Å². The Bertz CT molecular complexity index is 554. The van der Waals surface area contributed by atoms with Crippen LogP contribution >= 0.6 is 0 Å². The van der Waals surface area contributed by atoms with Crippen molar-refractivity contribution in [3.05, 3.63) is 23.8 Å². The smallest absolute Gasteiger partial charge is 0.305 e. The number of carbonyl (C=O) groups is 2. The summed E-state index contributed by atoms with van der Waals surface area (Å²) in [7, 11) is 3.47.